The van der Waals surface area contributed by atoms with Gasteiger partial charge in [0.25, 0.3) is 0 Å². The Bertz CT molecular complexity index is 604. The number of rotatable bonds is 7. The lowest BCUT2D eigenvalue weighted by Crippen LogP contribution is -2.13. The Morgan fingerprint density at radius 2 is 2.29 bits per heavy atom. The average molecular weight is 341 g/mol. The van der Waals surface area contributed by atoms with Crippen LogP contribution in [0, 0.1) is 0 Å². The predicted octanol–water partition coefficient (Wildman–Crippen LogP) is 3.48. The maximum absolute atomic E-state index is 11.8. The number of nitrogens with zero attached hydrogens (tertiary/aromatic N) is 2. The Balaban J connectivity index is 1.80. The zero-order valence-corrected chi connectivity index (χ0v) is 13.9. The van der Waals surface area contributed by atoms with E-state index in [0.717, 1.165) is 17.1 Å². The Hall–Kier alpha value is -1.25. The van der Waals surface area contributed by atoms with Crippen LogP contribution in [0.2, 0.25) is 0 Å². The summed E-state index contributed by atoms with van der Waals surface area (Å²) in [5, 5.41) is 13.3. The molecule has 0 bridgehead atoms. The van der Waals surface area contributed by atoms with Gasteiger partial charge in [-0.25, -0.2) is 0 Å². The number of aromatic nitrogens is 2. The van der Waals surface area contributed by atoms with Crippen LogP contribution in [0.5, 0.6) is 5.75 Å². The van der Waals surface area contributed by atoms with Crippen LogP contribution in [0.4, 0.5) is 5.13 Å². The molecule has 0 aliphatic carbocycles. The van der Waals surface area contributed by atoms with Crippen molar-refractivity contribution in [1.82, 2.24) is 9.36 Å². The van der Waals surface area contributed by atoms with E-state index in [-0.39, 0.29) is 17.4 Å². The number of thioether (sulfide) groups is 2. The molecule has 1 heterocycles. The van der Waals surface area contributed by atoms with E-state index in [1.54, 1.807) is 30.0 Å². The summed E-state index contributed by atoms with van der Waals surface area (Å²) >= 11 is 4.14. The summed E-state index contributed by atoms with van der Waals surface area (Å²) < 4.78 is 4.18. The zero-order valence-electron chi connectivity index (χ0n) is 11.4. The van der Waals surface area contributed by atoms with E-state index in [0.29, 0.717) is 10.3 Å². The third-order valence-electron chi connectivity index (χ3n) is 2.28. The van der Waals surface area contributed by atoms with Gasteiger partial charge in [0.2, 0.25) is 16.2 Å². The summed E-state index contributed by atoms with van der Waals surface area (Å²) in [6, 6.07) is 6.82. The third kappa shape index (κ3) is 5.56. The van der Waals surface area contributed by atoms with Crippen molar-refractivity contribution in [1.29, 1.82) is 0 Å². The number of hydrogen-bond acceptors (Lipinski definition) is 7. The van der Waals surface area contributed by atoms with Crippen LogP contribution in [0.15, 0.2) is 34.3 Å². The number of benzene rings is 1. The van der Waals surface area contributed by atoms with E-state index < -0.39 is 0 Å². The van der Waals surface area contributed by atoms with Crippen LogP contribution < -0.4 is 5.32 Å². The number of carbonyl (C=O) groups is 1. The molecule has 0 aliphatic heterocycles. The summed E-state index contributed by atoms with van der Waals surface area (Å²) in [7, 11) is 0. The molecule has 1 aromatic carbocycles. The van der Waals surface area contributed by atoms with Gasteiger partial charge in [-0.3, -0.25) is 10.1 Å². The SMILES string of the molecule is CCCSc1nsc(NC(=O)CSc2cccc(O)c2)n1. The highest BCUT2D eigenvalue weighted by Gasteiger charge is 2.09. The molecule has 2 N–H and O–H groups in total. The monoisotopic (exact) mass is 341 g/mol. The molecule has 0 saturated carbocycles. The van der Waals surface area contributed by atoms with Crippen LogP contribution >= 0.6 is 35.1 Å². The van der Waals surface area contributed by atoms with E-state index in [1.165, 1.54) is 23.3 Å². The summed E-state index contributed by atoms with van der Waals surface area (Å²) in [5.74, 6) is 1.30. The van der Waals surface area contributed by atoms with Crippen molar-refractivity contribution in [2.75, 3.05) is 16.8 Å². The number of aromatic hydroxyl groups is 1. The molecule has 0 aliphatic rings. The minimum atomic E-state index is -0.133. The first kappa shape index (κ1) is 16.1. The molecule has 0 spiro atoms. The molecular formula is C13H15N3O2S3. The van der Waals surface area contributed by atoms with Crippen molar-refractivity contribution < 1.29 is 9.90 Å². The molecular weight excluding hydrogens is 326 g/mol. The Morgan fingerprint density at radius 1 is 1.43 bits per heavy atom. The number of carbonyl (C=O) groups excluding carboxylic acids is 1. The molecule has 0 atom stereocenters. The number of phenols is 1. The van der Waals surface area contributed by atoms with Crippen LogP contribution in [0.1, 0.15) is 13.3 Å². The van der Waals surface area contributed by atoms with E-state index >= 15 is 0 Å². The first-order chi connectivity index (χ1) is 10.2. The average Bonchev–Trinajstić information content (AvgIpc) is 2.90. The molecule has 8 heteroatoms. The van der Waals surface area contributed by atoms with Gasteiger partial charge in [-0.15, -0.1) is 11.8 Å². The van der Waals surface area contributed by atoms with Gasteiger partial charge in [0.1, 0.15) is 5.75 Å². The van der Waals surface area contributed by atoms with Gasteiger partial charge in [-0.05, 0) is 24.6 Å². The summed E-state index contributed by atoms with van der Waals surface area (Å²) in [6.07, 6.45) is 1.06. The second-order valence-corrected chi connectivity index (χ2v) is 6.93. The summed E-state index contributed by atoms with van der Waals surface area (Å²) in [5.41, 5.74) is 0. The molecule has 2 rings (SSSR count). The second kappa shape index (κ2) is 8.26. The predicted molar refractivity (Wildman–Crippen MR) is 88.4 cm³/mol. The zero-order chi connectivity index (χ0) is 15.1. The topological polar surface area (TPSA) is 75.1 Å². The number of anilines is 1. The smallest absolute Gasteiger partial charge is 0.236 e. The maximum atomic E-state index is 11.8. The van der Waals surface area contributed by atoms with Crippen molar-refractivity contribution in [3.8, 4) is 5.75 Å². The van der Waals surface area contributed by atoms with Crippen LogP contribution in [-0.2, 0) is 4.79 Å². The molecule has 0 unspecified atom stereocenters. The first-order valence-corrected chi connectivity index (χ1v) is 9.10. The fourth-order valence-electron chi connectivity index (χ4n) is 1.39. The van der Waals surface area contributed by atoms with Gasteiger partial charge in [0, 0.05) is 22.2 Å². The van der Waals surface area contributed by atoms with Gasteiger partial charge in [0.05, 0.1) is 5.75 Å². The molecule has 0 fully saturated rings. The van der Waals surface area contributed by atoms with Gasteiger partial charge in [-0.2, -0.15) is 9.36 Å². The molecule has 112 valence electrons. The van der Waals surface area contributed by atoms with Crippen LogP contribution in [0.25, 0.3) is 0 Å². The lowest BCUT2D eigenvalue weighted by Gasteiger charge is -2.02. The molecule has 0 saturated heterocycles. The fourth-order valence-corrected chi connectivity index (χ4v) is 3.55. The van der Waals surface area contributed by atoms with Crippen molar-refractivity contribution >= 4 is 46.1 Å². The third-order valence-corrected chi connectivity index (χ3v) is 5.07. The molecule has 1 aromatic heterocycles. The van der Waals surface area contributed by atoms with Gasteiger partial charge >= 0.3 is 0 Å². The quantitative estimate of drug-likeness (QED) is 0.751. The highest BCUT2D eigenvalue weighted by molar-refractivity contribution is 8.00. The van der Waals surface area contributed by atoms with E-state index in [4.69, 9.17) is 0 Å². The first-order valence-electron chi connectivity index (χ1n) is 6.35. The van der Waals surface area contributed by atoms with E-state index in [9.17, 15) is 9.90 Å². The van der Waals surface area contributed by atoms with Crippen LogP contribution in [-0.4, -0.2) is 31.9 Å². The molecule has 21 heavy (non-hydrogen) atoms. The lowest BCUT2D eigenvalue weighted by molar-refractivity contribution is -0.113. The Morgan fingerprint density at radius 3 is 3.05 bits per heavy atom. The standard InChI is InChI=1S/C13H15N3O2S3/c1-2-6-19-13-15-12(21-16-13)14-11(18)8-20-10-5-3-4-9(17)7-10/h3-5,7,17H,2,6,8H2,1H3,(H,14,15,16,18). The second-order valence-electron chi connectivity index (χ2n) is 4.06. The number of hydrogen-bond donors (Lipinski definition) is 2. The van der Waals surface area contributed by atoms with Gasteiger partial charge in [-0.1, -0.05) is 24.8 Å². The number of phenolic OH excluding ortho intramolecular Hbond substituents is 1. The largest absolute Gasteiger partial charge is 0.508 e. The minimum Gasteiger partial charge on any atom is -0.508 e. The molecule has 1 amide bonds. The van der Waals surface area contributed by atoms with Gasteiger partial charge in [0.15, 0.2) is 0 Å². The van der Waals surface area contributed by atoms with Crippen molar-refractivity contribution in [3.05, 3.63) is 24.3 Å². The fraction of sp³-hybridized carbons (Fsp3) is 0.308. The van der Waals surface area contributed by atoms with Crippen LogP contribution in [0.3, 0.4) is 0 Å². The molecule has 2 aromatic rings. The van der Waals surface area contributed by atoms with E-state index in [1.807, 2.05) is 6.07 Å². The Labute approximate surface area is 135 Å². The molecule has 5 nitrogen and oxygen atoms in total. The minimum absolute atomic E-state index is 0.133. The number of nitrogens with one attached hydrogen (secondary N) is 1. The van der Waals surface area contributed by atoms with E-state index in [2.05, 4.69) is 21.6 Å². The summed E-state index contributed by atoms with van der Waals surface area (Å²) in [4.78, 5) is 16.9. The van der Waals surface area contributed by atoms with Crippen molar-refractivity contribution in [2.24, 2.45) is 0 Å². The number of amides is 1. The maximum Gasteiger partial charge on any atom is 0.236 e. The van der Waals surface area contributed by atoms with Crippen molar-refractivity contribution in [2.45, 2.75) is 23.4 Å². The Kier molecular flexibility index (Phi) is 6.34. The highest BCUT2D eigenvalue weighted by Crippen LogP contribution is 2.23. The normalized spacial score (nSPS) is 10.5. The highest BCUT2D eigenvalue weighted by atomic mass is 32.2. The van der Waals surface area contributed by atoms with Gasteiger partial charge < -0.3 is 5.11 Å². The molecule has 0 radical (unpaired) electrons. The summed E-state index contributed by atoms with van der Waals surface area (Å²) in [6.45, 7) is 2.10. The lowest BCUT2D eigenvalue weighted by atomic mass is 10.3. The van der Waals surface area contributed by atoms with Crippen molar-refractivity contribution in [3.63, 3.8) is 0 Å².